The van der Waals surface area contributed by atoms with Gasteiger partial charge in [-0.2, -0.15) is 0 Å². The standard InChI is InChI=1S/C32H25ClN2O4/c1-18-8-13-24(19(2)16-18)35-31(38)26-25-17-22(29(36)20-6-4-3-5-7-20)14-15-34(25)28(27(26)32(35)39)30(37)21-9-11-23(33)12-10-21/h3-17,25-28H,1-2H3. The third kappa shape index (κ3) is 4.03. The van der Waals surface area contributed by atoms with Crippen LogP contribution in [0.5, 0.6) is 0 Å². The third-order valence-corrected chi connectivity index (χ3v) is 8.09. The summed E-state index contributed by atoms with van der Waals surface area (Å²) in [6.45, 7) is 3.81. The molecule has 3 heterocycles. The Balaban J connectivity index is 1.44. The molecule has 0 radical (unpaired) electrons. The number of halogens is 1. The first-order valence-electron chi connectivity index (χ1n) is 12.8. The Bertz CT molecular complexity index is 1590. The Morgan fingerprint density at radius 3 is 2.21 bits per heavy atom. The van der Waals surface area contributed by atoms with Crippen LogP contribution < -0.4 is 4.90 Å². The van der Waals surface area contributed by atoms with Gasteiger partial charge in [-0.15, -0.1) is 0 Å². The van der Waals surface area contributed by atoms with E-state index in [2.05, 4.69) is 0 Å². The third-order valence-electron chi connectivity index (χ3n) is 7.84. The molecule has 0 aliphatic carbocycles. The van der Waals surface area contributed by atoms with Gasteiger partial charge < -0.3 is 4.90 Å². The van der Waals surface area contributed by atoms with Crippen molar-refractivity contribution in [3.8, 4) is 0 Å². The highest BCUT2D eigenvalue weighted by atomic mass is 35.5. The van der Waals surface area contributed by atoms with Gasteiger partial charge in [-0.25, -0.2) is 4.90 Å². The van der Waals surface area contributed by atoms with Crippen molar-refractivity contribution in [2.45, 2.75) is 25.9 Å². The summed E-state index contributed by atoms with van der Waals surface area (Å²) in [5, 5.41) is 0.492. The Labute approximate surface area is 231 Å². The summed E-state index contributed by atoms with van der Waals surface area (Å²) in [6, 6.07) is 19.4. The zero-order valence-electron chi connectivity index (χ0n) is 21.4. The van der Waals surface area contributed by atoms with E-state index in [0.29, 0.717) is 27.4 Å². The molecule has 6 nitrogen and oxygen atoms in total. The molecule has 0 bridgehead atoms. The number of hydrogen-bond donors (Lipinski definition) is 0. The number of amides is 2. The number of hydrogen-bond acceptors (Lipinski definition) is 5. The molecule has 2 fully saturated rings. The van der Waals surface area contributed by atoms with Crippen LogP contribution in [0, 0.1) is 25.7 Å². The van der Waals surface area contributed by atoms with Crippen molar-refractivity contribution in [3.05, 3.63) is 124 Å². The van der Waals surface area contributed by atoms with Gasteiger partial charge in [0.1, 0.15) is 6.04 Å². The number of imide groups is 1. The summed E-state index contributed by atoms with van der Waals surface area (Å²) in [6.07, 6.45) is 5.07. The maximum Gasteiger partial charge on any atom is 0.240 e. The fraction of sp³-hybridized carbons (Fsp3) is 0.188. The highest BCUT2D eigenvalue weighted by molar-refractivity contribution is 6.30. The van der Waals surface area contributed by atoms with E-state index in [4.69, 9.17) is 11.6 Å². The minimum absolute atomic E-state index is 0.182. The van der Waals surface area contributed by atoms with Crippen LogP contribution >= 0.6 is 11.6 Å². The molecule has 7 heteroatoms. The highest BCUT2D eigenvalue weighted by Crippen LogP contribution is 2.47. The van der Waals surface area contributed by atoms with Crippen molar-refractivity contribution in [2.75, 3.05) is 4.90 Å². The summed E-state index contributed by atoms with van der Waals surface area (Å²) < 4.78 is 0. The van der Waals surface area contributed by atoms with Gasteiger partial charge in [-0.1, -0.05) is 65.7 Å². The Kier molecular flexibility index (Phi) is 6.07. The number of fused-ring (bicyclic) bond motifs is 3. The number of carbonyl (C=O) groups excluding carboxylic acids is 4. The van der Waals surface area contributed by atoms with Crippen LogP contribution in [0.4, 0.5) is 5.69 Å². The number of benzene rings is 3. The summed E-state index contributed by atoms with van der Waals surface area (Å²) in [4.78, 5) is 58.2. The number of Topliss-reactive ketones (excluding diaryl/α,β-unsaturated/α-hetero) is 2. The molecule has 4 unspecified atom stereocenters. The molecule has 2 amide bonds. The van der Waals surface area contributed by atoms with E-state index in [-0.39, 0.29) is 17.5 Å². The van der Waals surface area contributed by atoms with Crippen molar-refractivity contribution in [1.82, 2.24) is 4.90 Å². The van der Waals surface area contributed by atoms with Gasteiger partial charge in [0, 0.05) is 27.9 Å². The van der Waals surface area contributed by atoms with Crippen molar-refractivity contribution in [3.63, 3.8) is 0 Å². The topological polar surface area (TPSA) is 74.8 Å². The number of ketones is 2. The van der Waals surface area contributed by atoms with Crippen LogP contribution in [-0.2, 0) is 9.59 Å². The maximum absolute atomic E-state index is 14.0. The summed E-state index contributed by atoms with van der Waals surface area (Å²) in [5.41, 5.74) is 3.68. The first-order valence-corrected chi connectivity index (χ1v) is 13.2. The Hall–Kier alpha value is -4.29. The summed E-state index contributed by atoms with van der Waals surface area (Å²) in [5.74, 6) is -2.95. The lowest BCUT2D eigenvalue weighted by atomic mass is 9.85. The van der Waals surface area contributed by atoms with Crippen molar-refractivity contribution >= 4 is 40.7 Å². The predicted molar refractivity (Wildman–Crippen MR) is 149 cm³/mol. The molecule has 3 aromatic rings. The molecule has 4 atom stereocenters. The summed E-state index contributed by atoms with van der Waals surface area (Å²) >= 11 is 6.05. The fourth-order valence-electron chi connectivity index (χ4n) is 6.03. The molecule has 2 saturated heterocycles. The van der Waals surface area contributed by atoms with E-state index >= 15 is 0 Å². The van der Waals surface area contributed by atoms with E-state index in [0.717, 1.165) is 11.1 Å². The molecule has 0 aromatic heterocycles. The normalized spacial score (nSPS) is 23.5. The van der Waals surface area contributed by atoms with Crippen LogP contribution in [0.15, 0.2) is 96.7 Å². The number of carbonyl (C=O) groups is 4. The van der Waals surface area contributed by atoms with E-state index in [1.165, 1.54) is 4.90 Å². The molecule has 0 saturated carbocycles. The molecule has 3 aliphatic heterocycles. The van der Waals surface area contributed by atoms with Gasteiger partial charge in [0.05, 0.1) is 23.6 Å². The van der Waals surface area contributed by atoms with Crippen LogP contribution in [0.25, 0.3) is 0 Å². The minimum atomic E-state index is -0.908. The molecule has 3 aromatic carbocycles. The van der Waals surface area contributed by atoms with Gasteiger partial charge in [0.2, 0.25) is 11.8 Å². The summed E-state index contributed by atoms with van der Waals surface area (Å²) in [7, 11) is 0. The quantitative estimate of drug-likeness (QED) is 0.325. The second-order valence-electron chi connectivity index (χ2n) is 10.2. The number of nitrogens with zero attached hydrogens (tertiary/aromatic N) is 2. The van der Waals surface area contributed by atoms with E-state index in [1.807, 2.05) is 32.0 Å². The van der Waals surface area contributed by atoms with Crippen LogP contribution in [0.1, 0.15) is 31.8 Å². The molecular weight excluding hydrogens is 512 g/mol. The molecule has 39 heavy (non-hydrogen) atoms. The first kappa shape index (κ1) is 25.0. The highest BCUT2D eigenvalue weighted by Gasteiger charge is 2.63. The van der Waals surface area contributed by atoms with E-state index in [1.54, 1.807) is 77.8 Å². The lowest BCUT2D eigenvalue weighted by Crippen LogP contribution is -2.46. The van der Waals surface area contributed by atoms with Crippen LogP contribution in [-0.4, -0.2) is 40.4 Å². The average molecular weight is 537 g/mol. The number of allylic oxidation sites excluding steroid dienone is 2. The zero-order valence-corrected chi connectivity index (χ0v) is 22.1. The SMILES string of the molecule is Cc1ccc(N2C(=O)C3C(C2=O)C(C(=O)c2ccc(Cl)cc2)N2C=CC(C(=O)c4ccccc4)=CC32)c(C)c1. The van der Waals surface area contributed by atoms with Crippen LogP contribution in [0.3, 0.4) is 0 Å². The number of rotatable bonds is 5. The van der Waals surface area contributed by atoms with Crippen molar-refractivity contribution < 1.29 is 19.2 Å². The minimum Gasteiger partial charge on any atom is -0.359 e. The van der Waals surface area contributed by atoms with Gasteiger partial charge in [-0.05, 0) is 55.8 Å². The second kappa shape index (κ2) is 9.47. The number of aryl methyl sites for hydroxylation is 2. The molecule has 0 spiro atoms. The zero-order chi connectivity index (χ0) is 27.4. The van der Waals surface area contributed by atoms with Crippen LogP contribution in [0.2, 0.25) is 5.02 Å². The lowest BCUT2D eigenvalue weighted by Gasteiger charge is -2.33. The van der Waals surface area contributed by atoms with E-state index in [9.17, 15) is 19.2 Å². The smallest absolute Gasteiger partial charge is 0.240 e. The van der Waals surface area contributed by atoms with E-state index < -0.39 is 29.8 Å². The molecule has 0 N–H and O–H groups in total. The predicted octanol–water partition coefficient (Wildman–Crippen LogP) is 5.33. The Morgan fingerprint density at radius 2 is 1.51 bits per heavy atom. The molecular formula is C32H25ClN2O4. The fourth-order valence-corrected chi connectivity index (χ4v) is 6.16. The van der Waals surface area contributed by atoms with Crippen molar-refractivity contribution in [2.24, 2.45) is 11.8 Å². The lowest BCUT2D eigenvalue weighted by molar-refractivity contribution is -0.123. The molecule has 194 valence electrons. The average Bonchev–Trinajstić information content (AvgIpc) is 3.40. The first-order chi connectivity index (χ1) is 18.8. The second-order valence-corrected chi connectivity index (χ2v) is 10.7. The van der Waals surface area contributed by atoms with Gasteiger partial charge in [-0.3, -0.25) is 19.2 Å². The maximum atomic E-state index is 14.0. The Morgan fingerprint density at radius 1 is 0.821 bits per heavy atom. The van der Waals surface area contributed by atoms with Crippen molar-refractivity contribution in [1.29, 1.82) is 0 Å². The van der Waals surface area contributed by atoms with Gasteiger partial charge >= 0.3 is 0 Å². The monoisotopic (exact) mass is 536 g/mol. The number of anilines is 1. The van der Waals surface area contributed by atoms with Gasteiger partial charge in [0.15, 0.2) is 11.6 Å². The largest absolute Gasteiger partial charge is 0.359 e. The van der Waals surface area contributed by atoms with Gasteiger partial charge in [0.25, 0.3) is 0 Å². The molecule has 6 rings (SSSR count). The molecule has 3 aliphatic rings.